The van der Waals surface area contributed by atoms with E-state index in [9.17, 15) is 18.4 Å². The Labute approximate surface area is 143 Å². The van der Waals surface area contributed by atoms with Crippen molar-refractivity contribution in [2.45, 2.75) is 6.42 Å². The number of aromatic nitrogens is 1. The summed E-state index contributed by atoms with van der Waals surface area (Å²) in [5, 5.41) is 0. The van der Waals surface area contributed by atoms with Gasteiger partial charge in [0, 0.05) is 50.2 Å². The second kappa shape index (κ2) is 7.38. The van der Waals surface area contributed by atoms with Gasteiger partial charge in [0.15, 0.2) is 0 Å². The third kappa shape index (κ3) is 3.81. The van der Waals surface area contributed by atoms with Gasteiger partial charge < -0.3 is 9.80 Å². The molecule has 0 bridgehead atoms. The molecule has 0 N–H and O–H groups in total. The Morgan fingerprint density at radius 2 is 1.52 bits per heavy atom. The second-order valence-electron chi connectivity index (χ2n) is 5.80. The molecular formula is C18H17F2N3O2. The number of rotatable bonds is 2. The molecule has 2 amide bonds. The molecule has 0 saturated carbocycles. The van der Waals surface area contributed by atoms with Crippen molar-refractivity contribution in [3.05, 3.63) is 65.5 Å². The second-order valence-corrected chi connectivity index (χ2v) is 5.80. The number of pyridine rings is 1. The zero-order valence-corrected chi connectivity index (χ0v) is 13.5. The number of carbonyl (C=O) groups is 2. The van der Waals surface area contributed by atoms with Gasteiger partial charge in [-0.05, 0) is 30.7 Å². The number of carbonyl (C=O) groups excluding carboxylic acids is 2. The molecule has 3 rings (SSSR count). The van der Waals surface area contributed by atoms with Crippen LogP contribution in [0.1, 0.15) is 27.1 Å². The van der Waals surface area contributed by atoms with Gasteiger partial charge in [-0.3, -0.25) is 14.6 Å². The van der Waals surface area contributed by atoms with Crippen molar-refractivity contribution < 1.29 is 18.4 Å². The van der Waals surface area contributed by atoms with Crippen LogP contribution in [0.3, 0.4) is 0 Å². The van der Waals surface area contributed by atoms with Gasteiger partial charge in [0.05, 0.1) is 5.56 Å². The van der Waals surface area contributed by atoms with Crippen molar-refractivity contribution in [1.29, 1.82) is 0 Å². The third-order valence-electron chi connectivity index (χ3n) is 4.16. The molecule has 5 nitrogen and oxygen atoms in total. The van der Waals surface area contributed by atoms with Crippen molar-refractivity contribution >= 4 is 11.8 Å². The summed E-state index contributed by atoms with van der Waals surface area (Å²) in [7, 11) is 0. The molecule has 7 heteroatoms. The minimum Gasteiger partial charge on any atom is -0.337 e. The fourth-order valence-corrected chi connectivity index (χ4v) is 2.83. The fraction of sp³-hybridized carbons (Fsp3) is 0.278. The van der Waals surface area contributed by atoms with Crippen molar-refractivity contribution in [1.82, 2.24) is 14.8 Å². The topological polar surface area (TPSA) is 53.5 Å². The Bertz CT molecular complexity index is 783. The van der Waals surface area contributed by atoms with Crippen LogP contribution in [0.2, 0.25) is 0 Å². The average Bonchev–Trinajstić information content (AvgIpc) is 2.87. The molecule has 0 atom stereocenters. The summed E-state index contributed by atoms with van der Waals surface area (Å²) in [5.41, 5.74) is 0.384. The fourth-order valence-electron chi connectivity index (χ4n) is 2.83. The highest BCUT2D eigenvalue weighted by Crippen LogP contribution is 2.15. The van der Waals surface area contributed by atoms with E-state index in [1.165, 1.54) is 4.90 Å². The maximum absolute atomic E-state index is 13.8. The molecule has 0 aliphatic carbocycles. The van der Waals surface area contributed by atoms with Crippen LogP contribution < -0.4 is 0 Å². The van der Waals surface area contributed by atoms with Gasteiger partial charge in [-0.25, -0.2) is 8.78 Å². The summed E-state index contributed by atoms with van der Waals surface area (Å²) in [6.07, 6.45) is 3.70. The molecule has 0 radical (unpaired) electrons. The third-order valence-corrected chi connectivity index (χ3v) is 4.16. The Kier molecular flexibility index (Phi) is 5.02. The number of hydrogen-bond donors (Lipinski definition) is 0. The molecule has 0 unspecified atom stereocenters. The van der Waals surface area contributed by atoms with E-state index in [-0.39, 0.29) is 11.5 Å². The van der Waals surface area contributed by atoms with Crippen LogP contribution in [-0.2, 0) is 0 Å². The average molecular weight is 345 g/mol. The Balaban J connectivity index is 1.69. The standard InChI is InChI=1S/C18H17F2N3O2/c19-14-2-3-15(16(20)12-14)18(25)23-9-1-8-22(10-11-23)17(24)13-4-6-21-7-5-13/h2-7,12H,1,8-11H2. The van der Waals surface area contributed by atoms with Gasteiger partial charge in [-0.1, -0.05) is 0 Å². The molecular weight excluding hydrogens is 328 g/mol. The van der Waals surface area contributed by atoms with E-state index in [1.54, 1.807) is 29.4 Å². The quantitative estimate of drug-likeness (QED) is 0.840. The maximum Gasteiger partial charge on any atom is 0.256 e. The Morgan fingerprint density at radius 3 is 2.16 bits per heavy atom. The maximum atomic E-state index is 13.8. The first-order chi connectivity index (χ1) is 12.1. The molecule has 2 heterocycles. The predicted octanol–water partition coefficient (Wildman–Crippen LogP) is 2.35. The van der Waals surface area contributed by atoms with Gasteiger partial charge in [-0.2, -0.15) is 0 Å². The van der Waals surface area contributed by atoms with Crippen LogP contribution >= 0.6 is 0 Å². The van der Waals surface area contributed by atoms with Gasteiger partial charge in [0.2, 0.25) is 0 Å². The van der Waals surface area contributed by atoms with E-state index >= 15 is 0 Å². The monoisotopic (exact) mass is 345 g/mol. The van der Waals surface area contributed by atoms with E-state index < -0.39 is 17.5 Å². The number of halogens is 2. The molecule has 130 valence electrons. The summed E-state index contributed by atoms with van der Waals surface area (Å²) in [4.78, 5) is 32.0. The summed E-state index contributed by atoms with van der Waals surface area (Å²) >= 11 is 0. The highest BCUT2D eigenvalue weighted by Gasteiger charge is 2.25. The minimum absolute atomic E-state index is 0.121. The van der Waals surface area contributed by atoms with Crippen molar-refractivity contribution in [2.75, 3.05) is 26.2 Å². The highest BCUT2D eigenvalue weighted by atomic mass is 19.1. The van der Waals surface area contributed by atoms with Crippen molar-refractivity contribution in [2.24, 2.45) is 0 Å². The summed E-state index contributed by atoms with van der Waals surface area (Å²) in [6.45, 7) is 1.58. The van der Waals surface area contributed by atoms with Crippen LogP contribution in [0.4, 0.5) is 8.78 Å². The normalized spacial score (nSPS) is 15.0. The van der Waals surface area contributed by atoms with Gasteiger partial charge in [0.1, 0.15) is 11.6 Å². The van der Waals surface area contributed by atoms with Crippen LogP contribution in [-0.4, -0.2) is 52.8 Å². The lowest BCUT2D eigenvalue weighted by Crippen LogP contribution is -2.37. The van der Waals surface area contributed by atoms with Crippen LogP contribution in [0, 0.1) is 11.6 Å². The largest absolute Gasteiger partial charge is 0.337 e. The lowest BCUT2D eigenvalue weighted by Gasteiger charge is -2.22. The van der Waals surface area contributed by atoms with E-state index in [0.717, 1.165) is 12.1 Å². The predicted molar refractivity (Wildman–Crippen MR) is 87.0 cm³/mol. The number of benzene rings is 1. The first kappa shape index (κ1) is 17.0. The zero-order valence-electron chi connectivity index (χ0n) is 13.5. The molecule has 2 aromatic rings. The first-order valence-corrected chi connectivity index (χ1v) is 8.00. The van der Waals surface area contributed by atoms with Gasteiger partial charge >= 0.3 is 0 Å². The number of nitrogens with zero attached hydrogens (tertiary/aromatic N) is 3. The summed E-state index contributed by atoms with van der Waals surface area (Å²) < 4.78 is 26.8. The molecule has 1 aromatic carbocycles. The minimum atomic E-state index is -0.876. The Hall–Kier alpha value is -2.83. The van der Waals surface area contributed by atoms with Crippen LogP contribution in [0.25, 0.3) is 0 Å². The molecule has 1 saturated heterocycles. The molecule has 1 aliphatic heterocycles. The van der Waals surface area contributed by atoms with Crippen molar-refractivity contribution in [3.8, 4) is 0 Å². The van der Waals surface area contributed by atoms with E-state index in [2.05, 4.69) is 4.98 Å². The van der Waals surface area contributed by atoms with Crippen LogP contribution in [0.15, 0.2) is 42.7 Å². The number of hydrogen-bond acceptors (Lipinski definition) is 3. The molecule has 0 spiro atoms. The van der Waals surface area contributed by atoms with Gasteiger partial charge in [-0.15, -0.1) is 0 Å². The molecule has 1 fully saturated rings. The van der Waals surface area contributed by atoms with Gasteiger partial charge in [0.25, 0.3) is 11.8 Å². The molecule has 1 aromatic heterocycles. The lowest BCUT2D eigenvalue weighted by molar-refractivity contribution is 0.0716. The highest BCUT2D eigenvalue weighted by molar-refractivity contribution is 5.95. The van der Waals surface area contributed by atoms with E-state index in [0.29, 0.717) is 44.2 Å². The molecule has 25 heavy (non-hydrogen) atoms. The molecule has 1 aliphatic rings. The summed E-state index contributed by atoms with van der Waals surface area (Å²) in [6, 6.07) is 6.20. The van der Waals surface area contributed by atoms with E-state index in [4.69, 9.17) is 0 Å². The Morgan fingerprint density at radius 1 is 0.880 bits per heavy atom. The summed E-state index contributed by atoms with van der Waals surface area (Å²) in [5.74, 6) is -2.21. The van der Waals surface area contributed by atoms with E-state index in [1.807, 2.05) is 0 Å². The lowest BCUT2D eigenvalue weighted by atomic mass is 10.1. The van der Waals surface area contributed by atoms with Crippen LogP contribution in [0.5, 0.6) is 0 Å². The smallest absolute Gasteiger partial charge is 0.256 e. The van der Waals surface area contributed by atoms with Crippen molar-refractivity contribution in [3.63, 3.8) is 0 Å². The SMILES string of the molecule is O=C(c1ccncc1)N1CCCN(C(=O)c2ccc(F)cc2F)CC1. The number of amides is 2. The zero-order chi connectivity index (χ0) is 17.8. The first-order valence-electron chi connectivity index (χ1n) is 8.00.